The number of carbonyl (C=O) groups excluding carboxylic acids is 1. The van der Waals surface area contributed by atoms with E-state index in [4.69, 9.17) is 10.3 Å². The van der Waals surface area contributed by atoms with Gasteiger partial charge in [-0.2, -0.15) is 4.79 Å². The molecule has 16 heavy (non-hydrogen) atoms. The molecule has 0 N–H and O–H groups in total. The Bertz CT molecular complexity index is 245. The van der Waals surface area contributed by atoms with Crippen molar-refractivity contribution in [2.45, 2.75) is 58.8 Å². The van der Waals surface area contributed by atoms with Gasteiger partial charge < -0.3 is 10.3 Å². The van der Waals surface area contributed by atoms with E-state index < -0.39 is 5.97 Å². The van der Waals surface area contributed by atoms with Gasteiger partial charge in [0, 0.05) is 0 Å². The van der Waals surface area contributed by atoms with E-state index in [1.165, 1.54) is 25.7 Å². The van der Waals surface area contributed by atoms with Gasteiger partial charge in [-0.3, -0.25) is 0 Å². The second kappa shape index (κ2) is 10.4. The van der Waals surface area contributed by atoms with Crippen molar-refractivity contribution in [3.8, 4) is 0 Å². The number of ether oxygens (including phenoxy) is 1. The Labute approximate surface area is 97.6 Å². The Hall–Kier alpha value is -1.15. The fraction of sp³-hybridized carbons (Fsp3) is 0.833. The van der Waals surface area contributed by atoms with Crippen LogP contribution in [0.2, 0.25) is 0 Å². The zero-order chi connectivity index (χ0) is 12.2. The van der Waals surface area contributed by atoms with Gasteiger partial charge in [0.1, 0.15) is 0 Å². The van der Waals surface area contributed by atoms with Crippen molar-refractivity contribution in [1.29, 1.82) is 0 Å². The molecule has 0 heterocycles. The maximum atomic E-state index is 11.2. The number of rotatable bonds is 9. The number of unbranched alkanes of at least 4 members (excludes halogenated alkanes) is 5. The van der Waals surface area contributed by atoms with Crippen molar-refractivity contribution in [2.75, 3.05) is 6.61 Å². The van der Waals surface area contributed by atoms with E-state index >= 15 is 0 Å². The molecule has 0 radical (unpaired) electrons. The minimum Gasteiger partial charge on any atom is -0.457 e. The summed E-state index contributed by atoms with van der Waals surface area (Å²) in [5.41, 5.74) is 8.79. The molecule has 0 saturated carbocycles. The van der Waals surface area contributed by atoms with Gasteiger partial charge in [-0.25, -0.2) is 4.79 Å². The first kappa shape index (κ1) is 14.8. The second-order valence-electron chi connectivity index (χ2n) is 3.78. The second-order valence-corrected chi connectivity index (χ2v) is 3.78. The van der Waals surface area contributed by atoms with Crippen LogP contribution < -0.4 is 0 Å². The van der Waals surface area contributed by atoms with Crippen LogP contribution in [-0.4, -0.2) is 23.1 Å². The van der Waals surface area contributed by atoms with Crippen molar-refractivity contribution in [2.24, 2.45) is 0 Å². The highest BCUT2D eigenvalue weighted by atomic mass is 16.5. The Kier molecular flexibility index (Phi) is 9.63. The molecule has 0 rings (SSSR count). The molecule has 0 unspecified atom stereocenters. The SMILES string of the molecule is CCCCCCCCC(=[N+]=[N-])C(=O)OCC. The highest BCUT2D eigenvalue weighted by molar-refractivity contribution is 6.33. The predicted octanol–water partition coefficient (Wildman–Crippen LogP) is 2.97. The number of carbonyl (C=O) groups is 1. The zero-order valence-corrected chi connectivity index (χ0v) is 10.4. The van der Waals surface area contributed by atoms with Crippen LogP contribution in [0.15, 0.2) is 0 Å². The van der Waals surface area contributed by atoms with Gasteiger partial charge in [-0.15, -0.1) is 0 Å². The lowest BCUT2D eigenvalue weighted by atomic mass is 10.1. The molecule has 92 valence electrons. The van der Waals surface area contributed by atoms with Gasteiger partial charge in [0.2, 0.25) is 0 Å². The van der Waals surface area contributed by atoms with Crippen LogP contribution >= 0.6 is 0 Å². The van der Waals surface area contributed by atoms with E-state index in [0.29, 0.717) is 13.0 Å². The topological polar surface area (TPSA) is 62.7 Å². The standard InChI is InChI=1S/C12H22N2O2/c1-3-5-6-7-8-9-10-11(14-13)12(15)16-4-2/h3-10H2,1-2H3. The lowest BCUT2D eigenvalue weighted by Gasteiger charge is -1.99. The van der Waals surface area contributed by atoms with Crippen LogP contribution in [0.4, 0.5) is 0 Å². The van der Waals surface area contributed by atoms with E-state index in [-0.39, 0.29) is 5.71 Å². The summed E-state index contributed by atoms with van der Waals surface area (Å²) in [7, 11) is 0. The molecule has 4 heteroatoms. The number of hydrogen-bond donors (Lipinski definition) is 0. The highest BCUT2D eigenvalue weighted by Gasteiger charge is 2.20. The predicted molar refractivity (Wildman–Crippen MR) is 63.3 cm³/mol. The minimum absolute atomic E-state index is 0.136. The summed E-state index contributed by atoms with van der Waals surface area (Å²) < 4.78 is 4.76. The minimum atomic E-state index is -0.501. The van der Waals surface area contributed by atoms with Crippen LogP contribution in [0.25, 0.3) is 5.53 Å². The molecule has 4 nitrogen and oxygen atoms in total. The quantitative estimate of drug-likeness (QED) is 0.199. The first-order chi connectivity index (χ1) is 7.76. The number of nitrogens with zero attached hydrogens (tertiary/aromatic N) is 2. The van der Waals surface area contributed by atoms with Crippen LogP contribution in [0.3, 0.4) is 0 Å². The molecule has 0 spiro atoms. The van der Waals surface area contributed by atoms with Crippen LogP contribution in [0.1, 0.15) is 58.8 Å². The van der Waals surface area contributed by atoms with Gasteiger partial charge >= 0.3 is 11.7 Å². The third kappa shape index (κ3) is 7.18. The molecule has 0 aromatic carbocycles. The summed E-state index contributed by atoms with van der Waals surface area (Å²) in [6.45, 7) is 4.23. The van der Waals surface area contributed by atoms with Crippen LogP contribution in [-0.2, 0) is 9.53 Å². The molecule has 0 bridgehead atoms. The van der Waals surface area contributed by atoms with Crippen molar-refractivity contribution < 1.29 is 14.3 Å². The van der Waals surface area contributed by atoms with E-state index in [2.05, 4.69) is 11.7 Å². The molecular weight excluding hydrogens is 204 g/mol. The van der Waals surface area contributed by atoms with Crippen LogP contribution in [0, 0.1) is 0 Å². The van der Waals surface area contributed by atoms with Gasteiger partial charge in [-0.05, 0) is 13.3 Å². The van der Waals surface area contributed by atoms with E-state index in [1.807, 2.05) is 0 Å². The lowest BCUT2D eigenvalue weighted by molar-refractivity contribution is -0.140. The van der Waals surface area contributed by atoms with Crippen molar-refractivity contribution >= 4 is 11.7 Å². The fourth-order valence-electron chi connectivity index (χ4n) is 1.48. The molecule has 0 saturated heterocycles. The van der Waals surface area contributed by atoms with E-state index in [1.54, 1.807) is 6.92 Å². The molecular formula is C12H22N2O2. The normalized spacial score (nSPS) is 9.62. The summed E-state index contributed by atoms with van der Waals surface area (Å²) in [5, 5.41) is 0. The molecule has 0 amide bonds. The third-order valence-electron chi connectivity index (χ3n) is 2.40. The average Bonchev–Trinajstić information content (AvgIpc) is 2.28. The summed E-state index contributed by atoms with van der Waals surface area (Å²) >= 11 is 0. The van der Waals surface area contributed by atoms with Gasteiger partial charge in [0.15, 0.2) is 0 Å². The number of esters is 1. The maximum Gasteiger partial charge on any atom is 0.416 e. The average molecular weight is 226 g/mol. The first-order valence-corrected chi connectivity index (χ1v) is 6.14. The van der Waals surface area contributed by atoms with Gasteiger partial charge in [-0.1, -0.05) is 39.0 Å². The zero-order valence-electron chi connectivity index (χ0n) is 10.4. The molecule has 0 aromatic heterocycles. The van der Waals surface area contributed by atoms with Crippen molar-refractivity contribution in [1.82, 2.24) is 0 Å². The molecule has 0 aliphatic heterocycles. The maximum absolute atomic E-state index is 11.2. The Morgan fingerprint density at radius 2 is 1.75 bits per heavy atom. The van der Waals surface area contributed by atoms with E-state index in [0.717, 1.165) is 12.8 Å². The van der Waals surface area contributed by atoms with E-state index in [9.17, 15) is 4.79 Å². The molecule has 0 fully saturated rings. The Morgan fingerprint density at radius 1 is 1.12 bits per heavy atom. The first-order valence-electron chi connectivity index (χ1n) is 6.14. The van der Waals surface area contributed by atoms with Crippen molar-refractivity contribution in [3.63, 3.8) is 0 Å². The molecule has 0 aliphatic rings. The van der Waals surface area contributed by atoms with Crippen LogP contribution in [0.5, 0.6) is 0 Å². The summed E-state index contributed by atoms with van der Waals surface area (Å²) in [6.07, 6.45) is 7.35. The van der Waals surface area contributed by atoms with Gasteiger partial charge in [0.25, 0.3) is 0 Å². The van der Waals surface area contributed by atoms with Crippen molar-refractivity contribution in [3.05, 3.63) is 5.53 Å². The summed E-state index contributed by atoms with van der Waals surface area (Å²) in [4.78, 5) is 14.2. The summed E-state index contributed by atoms with van der Waals surface area (Å²) in [6, 6.07) is 0. The molecule has 0 aromatic rings. The summed E-state index contributed by atoms with van der Waals surface area (Å²) in [5.74, 6) is -0.501. The fourth-order valence-corrected chi connectivity index (χ4v) is 1.48. The largest absolute Gasteiger partial charge is 0.457 e. The third-order valence-corrected chi connectivity index (χ3v) is 2.40. The van der Waals surface area contributed by atoms with Gasteiger partial charge in [0.05, 0.1) is 13.0 Å². The molecule has 0 atom stereocenters. The Balaban J connectivity index is 3.65. The Morgan fingerprint density at radius 3 is 2.31 bits per heavy atom. The molecule has 0 aliphatic carbocycles. The highest BCUT2D eigenvalue weighted by Crippen LogP contribution is 2.07. The number of hydrogen-bond acceptors (Lipinski definition) is 2. The lowest BCUT2D eigenvalue weighted by Crippen LogP contribution is -2.18. The smallest absolute Gasteiger partial charge is 0.416 e. The monoisotopic (exact) mass is 226 g/mol.